The van der Waals surface area contributed by atoms with Gasteiger partial charge in [-0.15, -0.1) is 0 Å². The van der Waals surface area contributed by atoms with Gasteiger partial charge in [0.25, 0.3) is 0 Å². The highest BCUT2D eigenvalue weighted by molar-refractivity contribution is 9.10. The molecule has 3 N–H and O–H groups in total. The van der Waals surface area contributed by atoms with Crippen LogP contribution in [0.2, 0.25) is 0 Å². The predicted octanol–water partition coefficient (Wildman–Crippen LogP) is 3.18. The fourth-order valence-corrected chi connectivity index (χ4v) is 2.44. The van der Waals surface area contributed by atoms with Gasteiger partial charge in [-0.05, 0) is 59.6 Å². The molecule has 106 valence electrons. The number of hydrogen-bond donors (Lipinski definition) is 2. The molecule has 1 atom stereocenters. The Kier molecular flexibility index (Phi) is 5.11. The first kappa shape index (κ1) is 15.0. The van der Waals surface area contributed by atoms with Crippen molar-refractivity contribution in [2.24, 2.45) is 5.84 Å². The van der Waals surface area contributed by atoms with Crippen molar-refractivity contribution in [1.82, 2.24) is 10.4 Å². The van der Waals surface area contributed by atoms with E-state index in [-0.39, 0.29) is 12.1 Å². The van der Waals surface area contributed by atoms with Crippen LogP contribution in [0.4, 0.5) is 0 Å². The molecule has 2 aromatic rings. The molecule has 0 radical (unpaired) electrons. The Bertz CT molecular complexity index is 557. The summed E-state index contributed by atoms with van der Waals surface area (Å²) >= 11 is 3.50. The summed E-state index contributed by atoms with van der Waals surface area (Å²) in [6, 6.07) is 11.5. The minimum Gasteiger partial charge on any atom is -0.491 e. The van der Waals surface area contributed by atoms with E-state index in [1.807, 2.05) is 50.2 Å². The number of nitrogens with two attached hydrogens (primary N) is 1. The third kappa shape index (κ3) is 3.56. The molecule has 2 rings (SSSR count). The van der Waals surface area contributed by atoms with E-state index in [4.69, 9.17) is 10.6 Å². The van der Waals surface area contributed by atoms with E-state index < -0.39 is 0 Å². The highest BCUT2D eigenvalue weighted by atomic mass is 79.9. The Morgan fingerprint density at radius 2 is 1.90 bits per heavy atom. The molecule has 0 amide bonds. The lowest BCUT2D eigenvalue weighted by molar-refractivity contribution is 0.242. The lowest BCUT2D eigenvalue weighted by Crippen LogP contribution is -2.29. The van der Waals surface area contributed by atoms with Gasteiger partial charge in [0, 0.05) is 10.7 Å². The molecule has 0 saturated heterocycles. The standard InChI is InChI=1S/C15H18BrN3O/c1-10(2)20-12-7-5-11(6-8-12)14(19-17)15-13(16)4-3-9-18-15/h3-10,14,19H,17H2,1-2H3. The van der Waals surface area contributed by atoms with Gasteiger partial charge in [0.05, 0.1) is 17.8 Å². The molecule has 0 aliphatic rings. The number of rotatable bonds is 5. The first-order valence-electron chi connectivity index (χ1n) is 6.45. The molecule has 0 saturated carbocycles. The van der Waals surface area contributed by atoms with E-state index in [2.05, 4.69) is 26.3 Å². The van der Waals surface area contributed by atoms with Crippen molar-refractivity contribution in [3.8, 4) is 5.75 Å². The van der Waals surface area contributed by atoms with E-state index in [0.29, 0.717) is 0 Å². The molecule has 4 nitrogen and oxygen atoms in total. The highest BCUT2D eigenvalue weighted by Gasteiger charge is 2.16. The van der Waals surface area contributed by atoms with Crippen molar-refractivity contribution >= 4 is 15.9 Å². The quantitative estimate of drug-likeness (QED) is 0.650. The van der Waals surface area contributed by atoms with Crippen LogP contribution in [-0.2, 0) is 0 Å². The minimum atomic E-state index is -0.168. The zero-order valence-electron chi connectivity index (χ0n) is 11.5. The number of hydrogen-bond acceptors (Lipinski definition) is 4. The molecule has 0 fully saturated rings. The average Bonchev–Trinajstić information content (AvgIpc) is 2.43. The molecule has 1 aromatic carbocycles. The second-order valence-corrected chi connectivity index (χ2v) is 5.56. The molecular formula is C15H18BrN3O. The van der Waals surface area contributed by atoms with Gasteiger partial charge in [0.1, 0.15) is 5.75 Å². The van der Waals surface area contributed by atoms with Gasteiger partial charge in [0.2, 0.25) is 0 Å². The van der Waals surface area contributed by atoms with E-state index >= 15 is 0 Å². The average molecular weight is 336 g/mol. The molecule has 5 heteroatoms. The summed E-state index contributed by atoms with van der Waals surface area (Å²) in [6.07, 6.45) is 1.91. The molecule has 1 heterocycles. The van der Waals surface area contributed by atoms with Gasteiger partial charge >= 0.3 is 0 Å². The van der Waals surface area contributed by atoms with Crippen LogP contribution < -0.4 is 16.0 Å². The highest BCUT2D eigenvalue weighted by Crippen LogP contribution is 2.27. The van der Waals surface area contributed by atoms with Crippen molar-refractivity contribution in [2.75, 3.05) is 0 Å². The largest absolute Gasteiger partial charge is 0.491 e. The van der Waals surface area contributed by atoms with E-state index in [0.717, 1.165) is 21.5 Å². The van der Waals surface area contributed by atoms with Crippen LogP contribution in [0, 0.1) is 0 Å². The van der Waals surface area contributed by atoms with Crippen molar-refractivity contribution < 1.29 is 4.74 Å². The number of nitrogens with zero attached hydrogens (tertiary/aromatic N) is 1. The molecule has 0 bridgehead atoms. The Labute approximate surface area is 127 Å². The second kappa shape index (κ2) is 6.83. The van der Waals surface area contributed by atoms with E-state index in [9.17, 15) is 0 Å². The third-order valence-corrected chi connectivity index (χ3v) is 3.48. The van der Waals surface area contributed by atoms with Crippen LogP contribution >= 0.6 is 15.9 Å². The summed E-state index contributed by atoms with van der Waals surface area (Å²) in [5, 5.41) is 0. The summed E-state index contributed by atoms with van der Waals surface area (Å²) in [7, 11) is 0. The summed E-state index contributed by atoms with van der Waals surface area (Å²) in [5.74, 6) is 6.53. The summed E-state index contributed by atoms with van der Waals surface area (Å²) in [5.41, 5.74) is 4.69. The van der Waals surface area contributed by atoms with Crippen LogP contribution in [0.3, 0.4) is 0 Å². The van der Waals surface area contributed by atoms with Crippen molar-refractivity contribution in [3.63, 3.8) is 0 Å². The third-order valence-electron chi connectivity index (χ3n) is 2.81. The molecule has 1 unspecified atom stereocenters. The number of pyridine rings is 1. The van der Waals surface area contributed by atoms with Crippen LogP contribution in [0.5, 0.6) is 5.75 Å². The molecule has 0 spiro atoms. The van der Waals surface area contributed by atoms with Gasteiger partial charge in [-0.1, -0.05) is 12.1 Å². The maximum Gasteiger partial charge on any atom is 0.119 e. The van der Waals surface area contributed by atoms with Crippen LogP contribution in [0.1, 0.15) is 31.1 Å². The van der Waals surface area contributed by atoms with Gasteiger partial charge in [-0.2, -0.15) is 0 Å². The fraction of sp³-hybridized carbons (Fsp3) is 0.267. The van der Waals surface area contributed by atoms with Crippen LogP contribution in [0.25, 0.3) is 0 Å². The number of aromatic nitrogens is 1. The maximum atomic E-state index is 5.68. The summed E-state index contributed by atoms with van der Waals surface area (Å²) in [4.78, 5) is 4.38. The Hall–Kier alpha value is -1.43. The lowest BCUT2D eigenvalue weighted by atomic mass is 10.0. The van der Waals surface area contributed by atoms with Crippen molar-refractivity contribution in [1.29, 1.82) is 0 Å². The number of halogens is 1. The lowest BCUT2D eigenvalue weighted by Gasteiger charge is -2.18. The molecular weight excluding hydrogens is 318 g/mol. The minimum absolute atomic E-state index is 0.161. The molecule has 20 heavy (non-hydrogen) atoms. The van der Waals surface area contributed by atoms with Gasteiger partial charge in [-0.25, -0.2) is 5.43 Å². The van der Waals surface area contributed by atoms with Gasteiger partial charge in [0.15, 0.2) is 0 Å². The first-order chi connectivity index (χ1) is 9.61. The number of hydrazine groups is 1. The van der Waals surface area contributed by atoms with Gasteiger partial charge < -0.3 is 4.74 Å². The number of ether oxygens (including phenoxy) is 1. The zero-order valence-corrected chi connectivity index (χ0v) is 13.1. The monoisotopic (exact) mass is 335 g/mol. The zero-order chi connectivity index (χ0) is 14.5. The first-order valence-corrected chi connectivity index (χ1v) is 7.24. The predicted molar refractivity (Wildman–Crippen MR) is 83.3 cm³/mol. The van der Waals surface area contributed by atoms with Crippen molar-refractivity contribution in [3.05, 3.63) is 58.3 Å². The topological polar surface area (TPSA) is 60.2 Å². The van der Waals surface area contributed by atoms with Crippen molar-refractivity contribution in [2.45, 2.75) is 26.0 Å². The summed E-state index contributed by atoms with van der Waals surface area (Å²) < 4.78 is 6.56. The van der Waals surface area contributed by atoms with E-state index in [1.54, 1.807) is 6.20 Å². The maximum absolute atomic E-state index is 5.68. The Morgan fingerprint density at radius 1 is 1.20 bits per heavy atom. The van der Waals surface area contributed by atoms with Crippen LogP contribution in [0.15, 0.2) is 47.1 Å². The Balaban J connectivity index is 2.26. The second-order valence-electron chi connectivity index (χ2n) is 4.71. The molecule has 0 aliphatic carbocycles. The normalized spacial score (nSPS) is 12.4. The number of nitrogens with one attached hydrogen (secondary N) is 1. The Morgan fingerprint density at radius 3 is 2.45 bits per heavy atom. The van der Waals surface area contributed by atoms with E-state index in [1.165, 1.54) is 0 Å². The van der Waals surface area contributed by atoms with Crippen LogP contribution in [-0.4, -0.2) is 11.1 Å². The molecule has 0 aliphatic heterocycles. The molecule has 1 aromatic heterocycles. The smallest absolute Gasteiger partial charge is 0.119 e. The fourth-order valence-electron chi connectivity index (χ4n) is 1.95. The SMILES string of the molecule is CC(C)Oc1ccc(C(NN)c2ncccc2Br)cc1. The number of benzene rings is 1. The van der Waals surface area contributed by atoms with Gasteiger partial charge in [-0.3, -0.25) is 10.8 Å². The summed E-state index contributed by atoms with van der Waals surface area (Å²) in [6.45, 7) is 4.01.